The van der Waals surface area contributed by atoms with Gasteiger partial charge in [0.25, 0.3) is 0 Å². The van der Waals surface area contributed by atoms with Gasteiger partial charge in [-0.3, -0.25) is 4.79 Å². The third kappa shape index (κ3) is 4.91. The summed E-state index contributed by atoms with van der Waals surface area (Å²) in [4.78, 5) is 11.1. The fourth-order valence-electron chi connectivity index (χ4n) is 0.806. The van der Waals surface area contributed by atoms with Crippen LogP contribution in [0.3, 0.4) is 0 Å². The molecule has 1 atom stereocenters. The molecule has 0 fully saturated rings. The lowest BCUT2D eigenvalue weighted by atomic mass is 10.2. The summed E-state index contributed by atoms with van der Waals surface area (Å²) in [5.41, 5.74) is 5.53. The van der Waals surface area contributed by atoms with E-state index < -0.39 is 6.04 Å². The number of hydrogen-bond acceptors (Lipinski definition) is 2. The van der Waals surface area contributed by atoms with E-state index in [9.17, 15) is 4.79 Å². The van der Waals surface area contributed by atoms with Gasteiger partial charge in [0.15, 0.2) is 0 Å². The van der Waals surface area contributed by atoms with Crippen LogP contribution in [0, 0.1) is 0 Å². The number of carbonyl (C=O) groups excluding carboxylic acids is 1. The van der Waals surface area contributed by atoms with Crippen molar-refractivity contribution in [3.63, 3.8) is 0 Å². The van der Waals surface area contributed by atoms with E-state index in [4.69, 9.17) is 5.73 Å². The first-order valence-electron chi connectivity index (χ1n) is 4.36. The molecule has 3 N–H and O–H groups in total. The molecule has 0 rings (SSSR count). The van der Waals surface area contributed by atoms with Crippen LogP contribution in [-0.2, 0) is 4.79 Å². The maximum absolute atomic E-state index is 11.1. The monoisotopic (exact) mass is 170 g/mol. The molecule has 0 saturated heterocycles. The van der Waals surface area contributed by atoms with Gasteiger partial charge in [-0.15, -0.1) is 6.58 Å². The fraction of sp³-hybridized carbons (Fsp3) is 0.667. The maximum atomic E-state index is 11.1. The summed E-state index contributed by atoms with van der Waals surface area (Å²) in [5.74, 6) is -0.0802. The van der Waals surface area contributed by atoms with E-state index in [0.29, 0.717) is 6.42 Å². The number of nitrogens with one attached hydrogen (secondary N) is 1. The lowest BCUT2D eigenvalue weighted by Crippen LogP contribution is -2.40. The molecular weight excluding hydrogens is 152 g/mol. The first kappa shape index (κ1) is 11.2. The molecule has 3 heteroatoms. The van der Waals surface area contributed by atoms with Crippen LogP contribution in [0.2, 0.25) is 0 Å². The normalized spacial score (nSPS) is 12.2. The Balaban J connectivity index is 3.49. The van der Waals surface area contributed by atoms with Crippen molar-refractivity contribution < 1.29 is 4.79 Å². The zero-order valence-corrected chi connectivity index (χ0v) is 7.68. The Morgan fingerprint density at radius 2 is 2.42 bits per heavy atom. The smallest absolute Gasteiger partial charge is 0.237 e. The molecule has 0 aromatic rings. The highest BCUT2D eigenvalue weighted by Gasteiger charge is 2.09. The van der Waals surface area contributed by atoms with Gasteiger partial charge in [0.1, 0.15) is 0 Å². The number of carbonyl (C=O) groups is 1. The van der Waals surface area contributed by atoms with Crippen LogP contribution < -0.4 is 11.1 Å². The number of unbranched alkanes of at least 4 members (excludes halogenated alkanes) is 1. The molecule has 0 radical (unpaired) electrons. The van der Waals surface area contributed by atoms with Crippen LogP contribution in [0.5, 0.6) is 0 Å². The van der Waals surface area contributed by atoms with Gasteiger partial charge in [-0.2, -0.15) is 0 Å². The number of amides is 1. The minimum atomic E-state index is -0.431. The highest BCUT2D eigenvalue weighted by Crippen LogP contribution is 1.89. The Hall–Kier alpha value is -0.830. The van der Waals surface area contributed by atoms with Gasteiger partial charge >= 0.3 is 0 Å². The van der Waals surface area contributed by atoms with E-state index in [1.165, 1.54) is 0 Å². The molecule has 0 saturated carbocycles. The third-order valence-corrected chi connectivity index (χ3v) is 1.59. The summed E-state index contributed by atoms with van der Waals surface area (Å²) in [7, 11) is 0. The van der Waals surface area contributed by atoms with Gasteiger partial charge in [-0.25, -0.2) is 0 Å². The molecule has 12 heavy (non-hydrogen) atoms. The molecule has 0 spiro atoms. The molecule has 70 valence electrons. The first-order valence-corrected chi connectivity index (χ1v) is 4.36. The molecule has 0 aromatic carbocycles. The van der Waals surface area contributed by atoms with Gasteiger partial charge in [0.05, 0.1) is 6.04 Å². The van der Waals surface area contributed by atoms with Crippen molar-refractivity contribution in [2.75, 3.05) is 6.54 Å². The van der Waals surface area contributed by atoms with Crippen molar-refractivity contribution in [2.45, 2.75) is 32.2 Å². The summed E-state index contributed by atoms with van der Waals surface area (Å²) >= 11 is 0. The zero-order chi connectivity index (χ0) is 9.40. The highest BCUT2D eigenvalue weighted by molar-refractivity contribution is 5.81. The summed E-state index contributed by atoms with van der Waals surface area (Å²) in [6, 6.07) is -0.431. The van der Waals surface area contributed by atoms with Crippen molar-refractivity contribution in [3.8, 4) is 0 Å². The van der Waals surface area contributed by atoms with Crippen LogP contribution in [0.4, 0.5) is 0 Å². The summed E-state index contributed by atoms with van der Waals surface area (Å²) < 4.78 is 0. The van der Waals surface area contributed by atoms with Gasteiger partial charge in [-0.05, 0) is 12.8 Å². The maximum Gasteiger partial charge on any atom is 0.237 e. The van der Waals surface area contributed by atoms with Crippen LogP contribution in [0.25, 0.3) is 0 Å². The van der Waals surface area contributed by atoms with Crippen LogP contribution in [0.1, 0.15) is 26.2 Å². The first-order chi connectivity index (χ1) is 5.72. The van der Waals surface area contributed by atoms with E-state index in [2.05, 4.69) is 18.8 Å². The van der Waals surface area contributed by atoms with Gasteiger partial charge in [0, 0.05) is 6.54 Å². The standard InChI is InChI=1S/C9H18N2O/c1-3-5-7-11-9(12)8(10)6-4-2/h4,8H,2-3,5-7,10H2,1H3,(H,11,12). The highest BCUT2D eigenvalue weighted by atomic mass is 16.2. The Labute approximate surface area is 74.0 Å². The molecule has 0 bridgehead atoms. The van der Waals surface area contributed by atoms with Crippen LogP contribution in [0.15, 0.2) is 12.7 Å². The average molecular weight is 170 g/mol. The van der Waals surface area contributed by atoms with Crippen molar-refractivity contribution in [1.82, 2.24) is 5.32 Å². The quantitative estimate of drug-likeness (QED) is 0.458. The predicted molar refractivity (Wildman–Crippen MR) is 50.7 cm³/mol. The molecular formula is C9H18N2O. The van der Waals surface area contributed by atoms with E-state index in [0.717, 1.165) is 19.4 Å². The molecule has 0 aliphatic carbocycles. The topological polar surface area (TPSA) is 55.1 Å². The minimum Gasteiger partial charge on any atom is -0.355 e. The average Bonchev–Trinajstić information content (AvgIpc) is 2.05. The lowest BCUT2D eigenvalue weighted by Gasteiger charge is -2.09. The van der Waals surface area contributed by atoms with Crippen molar-refractivity contribution in [3.05, 3.63) is 12.7 Å². The number of rotatable bonds is 6. The minimum absolute atomic E-state index is 0.0802. The van der Waals surface area contributed by atoms with Crippen LogP contribution >= 0.6 is 0 Å². The van der Waals surface area contributed by atoms with E-state index in [1.807, 2.05) is 0 Å². The van der Waals surface area contributed by atoms with E-state index in [-0.39, 0.29) is 5.91 Å². The molecule has 1 unspecified atom stereocenters. The molecule has 0 aliphatic rings. The largest absolute Gasteiger partial charge is 0.355 e. The predicted octanol–water partition coefficient (Wildman–Crippen LogP) is 0.806. The Morgan fingerprint density at radius 3 is 2.92 bits per heavy atom. The second-order valence-electron chi connectivity index (χ2n) is 2.78. The Bertz CT molecular complexity index is 145. The van der Waals surface area contributed by atoms with Gasteiger partial charge in [0.2, 0.25) is 5.91 Å². The van der Waals surface area contributed by atoms with Crippen LogP contribution in [-0.4, -0.2) is 18.5 Å². The second kappa shape index (κ2) is 6.85. The third-order valence-electron chi connectivity index (χ3n) is 1.59. The molecule has 1 amide bonds. The molecule has 0 aliphatic heterocycles. The van der Waals surface area contributed by atoms with E-state index in [1.54, 1.807) is 6.08 Å². The van der Waals surface area contributed by atoms with Crippen molar-refractivity contribution >= 4 is 5.91 Å². The number of nitrogens with two attached hydrogens (primary N) is 1. The van der Waals surface area contributed by atoms with E-state index >= 15 is 0 Å². The molecule has 0 aromatic heterocycles. The summed E-state index contributed by atoms with van der Waals surface area (Å²) in [6.45, 7) is 6.32. The molecule has 3 nitrogen and oxygen atoms in total. The lowest BCUT2D eigenvalue weighted by molar-refractivity contribution is -0.122. The zero-order valence-electron chi connectivity index (χ0n) is 7.68. The summed E-state index contributed by atoms with van der Waals surface area (Å²) in [6.07, 6.45) is 4.28. The number of hydrogen-bond donors (Lipinski definition) is 2. The SMILES string of the molecule is C=CCC(N)C(=O)NCCCC. The Kier molecular flexibility index (Phi) is 6.38. The second-order valence-corrected chi connectivity index (χ2v) is 2.78. The van der Waals surface area contributed by atoms with Crippen molar-refractivity contribution in [1.29, 1.82) is 0 Å². The molecule has 0 heterocycles. The fourth-order valence-corrected chi connectivity index (χ4v) is 0.806. The summed E-state index contributed by atoms with van der Waals surface area (Å²) in [5, 5.41) is 2.76. The Morgan fingerprint density at radius 1 is 1.75 bits per heavy atom. The van der Waals surface area contributed by atoms with Gasteiger partial charge < -0.3 is 11.1 Å². The van der Waals surface area contributed by atoms with Gasteiger partial charge in [-0.1, -0.05) is 19.4 Å². The van der Waals surface area contributed by atoms with Crippen molar-refractivity contribution in [2.24, 2.45) is 5.73 Å².